The van der Waals surface area contributed by atoms with E-state index >= 15 is 0 Å². The number of carbonyl (C=O) groups is 1. The molecule has 0 aliphatic heterocycles. The number of fused-ring (bicyclic) bond motifs is 1. The Bertz CT molecular complexity index is 1210. The van der Waals surface area contributed by atoms with Crippen LogP contribution in [0.1, 0.15) is 24.2 Å². The molecule has 2 heterocycles. The van der Waals surface area contributed by atoms with Crippen molar-refractivity contribution in [3.05, 3.63) is 71.8 Å². The third-order valence-corrected chi connectivity index (χ3v) is 4.84. The minimum Gasteiger partial charge on any atom is -0.493 e. The number of ether oxygens (including phenoxy) is 2. The van der Waals surface area contributed by atoms with E-state index in [0.717, 1.165) is 22.2 Å². The van der Waals surface area contributed by atoms with Crippen LogP contribution in [0.3, 0.4) is 0 Å². The maximum atomic E-state index is 12.5. The number of aromatic nitrogens is 3. The summed E-state index contributed by atoms with van der Waals surface area (Å²) < 4.78 is 12.7. The molecule has 0 aliphatic carbocycles. The number of pyridine rings is 1. The summed E-state index contributed by atoms with van der Waals surface area (Å²) in [4.78, 5) is 21.4. The van der Waals surface area contributed by atoms with Crippen molar-refractivity contribution in [2.24, 2.45) is 0 Å². The molecular weight excluding hydrogens is 402 g/mol. The first-order chi connectivity index (χ1) is 14.6. The molecule has 0 unspecified atom stereocenters. The Kier molecular flexibility index (Phi) is 5.68. The summed E-state index contributed by atoms with van der Waals surface area (Å²) >= 11 is 6.21. The highest BCUT2D eigenvalue weighted by Gasteiger charge is 2.17. The fourth-order valence-corrected chi connectivity index (χ4v) is 3.45. The van der Waals surface area contributed by atoms with Crippen LogP contribution in [0.25, 0.3) is 27.8 Å². The molecule has 0 spiro atoms. The third kappa shape index (κ3) is 3.86. The smallest absolute Gasteiger partial charge is 0.341 e. The number of hydrogen-bond acceptors (Lipinski definition) is 5. The van der Waals surface area contributed by atoms with E-state index in [4.69, 9.17) is 26.1 Å². The quantitative estimate of drug-likeness (QED) is 0.394. The van der Waals surface area contributed by atoms with Gasteiger partial charge in [-0.3, -0.25) is 0 Å². The van der Waals surface area contributed by atoms with Crippen LogP contribution in [-0.4, -0.2) is 33.7 Å². The first kappa shape index (κ1) is 19.9. The molecule has 0 bridgehead atoms. The molecule has 0 aliphatic rings. The molecule has 0 N–H and O–H groups in total. The van der Waals surface area contributed by atoms with Gasteiger partial charge in [0.2, 0.25) is 0 Å². The summed E-state index contributed by atoms with van der Waals surface area (Å²) in [5.74, 6) is 0.0554. The number of carbonyl (C=O) groups excluding carboxylic acids is 1. The fourth-order valence-electron chi connectivity index (χ4n) is 3.29. The average molecular weight is 422 g/mol. The Morgan fingerprint density at radius 2 is 1.97 bits per heavy atom. The van der Waals surface area contributed by atoms with Gasteiger partial charge in [0.05, 0.1) is 36.4 Å². The molecule has 4 rings (SSSR count). The second-order valence-corrected chi connectivity index (χ2v) is 6.96. The van der Waals surface area contributed by atoms with Crippen molar-refractivity contribution in [1.29, 1.82) is 0 Å². The maximum absolute atomic E-state index is 12.5. The zero-order chi connectivity index (χ0) is 21.1. The van der Waals surface area contributed by atoms with Gasteiger partial charge in [0.15, 0.2) is 0 Å². The number of rotatable bonds is 6. The van der Waals surface area contributed by atoms with Crippen LogP contribution in [0.4, 0.5) is 0 Å². The van der Waals surface area contributed by atoms with Crippen molar-refractivity contribution >= 4 is 28.5 Å². The summed E-state index contributed by atoms with van der Waals surface area (Å²) in [5, 5.41) is 1.54. The molecule has 6 nitrogen and oxygen atoms in total. The molecule has 0 fully saturated rings. The monoisotopic (exact) mass is 421 g/mol. The van der Waals surface area contributed by atoms with Crippen LogP contribution in [0.5, 0.6) is 5.75 Å². The number of halogens is 1. The Balaban J connectivity index is 1.91. The average Bonchev–Trinajstić information content (AvgIpc) is 3.28. The van der Waals surface area contributed by atoms with E-state index in [0.29, 0.717) is 28.6 Å². The molecule has 0 amide bonds. The largest absolute Gasteiger partial charge is 0.493 e. The van der Waals surface area contributed by atoms with E-state index in [2.05, 4.69) is 4.98 Å². The van der Waals surface area contributed by atoms with E-state index in [9.17, 15) is 4.79 Å². The third-order valence-electron chi connectivity index (χ3n) is 4.60. The second kappa shape index (κ2) is 8.55. The van der Waals surface area contributed by atoms with Crippen molar-refractivity contribution in [2.45, 2.75) is 13.8 Å². The first-order valence-corrected chi connectivity index (χ1v) is 10.0. The summed E-state index contributed by atoms with van der Waals surface area (Å²) in [6, 6.07) is 13.0. The summed E-state index contributed by atoms with van der Waals surface area (Å²) in [5.41, 5.74) is 3.49. The van der Waals surface area contributed by atoms with Crippen LogP contribution in [0.2, 0.25) is 5.02 Å². The topological polar surface area (TPSA) is 66.2 Å². The van der Waals surface area contributed by atoms with Gasteiger partial charge >= 0.3 is 5.97 Å². The highest BCUT2D eigenvalue weighted by atomic mass is 35.5. The van der Waals surface area contributed by atoms with E-state index in [1.165, 1.54) is 0 Å². The van der Waals surface area contributed by atoms with Crippen molar-refractivity contribution < 1.29 is 14.3 Å². The molecule has 30 heavy (non-hydrogen) atoms. The molecule has 152 valence electrons. The van der Waals surface area contributed by atoms with E-state index in [1.54, 1.807) is 31.6 Å². The molecular formula is C23H20ClN3O3. The molecule has 2 aromatic carbocycles. The highest BCUT2D eigenvalue weighted by Crippen LogP contribution is 2.31. The SMILES string of the molecule is CCOC(=O)c1cc(-c2cc(-n3ccnc3)c3ccc(Cl)cc3n2)ccc1OCC. The predicted octanol–water partition coefficient (Wildman–Crippen LogP) is 5.32. The van der Waals surface area contributed by atoms with E-state index in [1.807, 2.05) is 48.0 Å². The first-order valence-electron chi connectivity index (χ1n) is 9.63. The lowest BCUT2D eigenvalue weighted by Crippen LogP contribution is -2.08. The maximum Gasteiger partial charge on any atom is 0.341 e. The molecule has 0 saturated carbocycles. The Hall–Kier alpha value is -3.38. The predicted molar refractivity (Wildman–Crippen MR) is 116 cm³/mol. The molecule has 7 heteroatoms. The van der Waals surface area contributed by atoms with Crippen LogP contribution in [-0.2, 0) is 4.74 Å². The van der Waals surface area contributed by atoms with Gasteiger partial charge in [-0.2, -0.15) is 0 Å². The van der Waals surface area contributed by atoms with Crippen molar-refractivity contribution in [1.82, 2.24) is 14.5 Å². The van der Waals surface area contributed by atoms with E-state index < -0.39 is 5.97 Å². The van der Waals surface area contributed by atoms with Crippen LogP contribution in [0.15, 0.2) is 61.2 Å². The van der Waals surface area contributed by atoms with Gasteiger partial charge in [-0.05, 0) is 56.3 Å². The molecule has 4 aromatic rings. The molecule has 0 saturated heterocycles. The lowest BCUT2D eigenvalue weighted by Gasteiger charge is -2.13. The zero-order valence-corrected chi connectivity index (χ0v) is 17.4. The minimum absolute atomic E-state index is 0.284. The number of esters is 1. The van der Waals surface area contributed by atoms with Gasteiger partial charge < -0.3 is 14.0 Å². The number of hydrogen-bond donors (Lipinski definition) is 0. The number of benzene rings is 2. The molecule has 2 aromatic heterocycles. The zero-order valence-electron chi connectivity index (χ0n) is 16.6. The van der Waals surface area contributed by atoms with Gasteiger partial charge in [0.25, 0.3) is 0 Å². The van der Waals surface area contributed by atoms with Crippen LogP contribution in [0, 0.1) is 0 Å². The lowest BCUT2D eigenvalue weighted by molar-refractivity contribution is 0.0522. The van der Waals surface area contributed by atoms with Gasteiger partial charge in [0.1, 0.15) is 11.3 Å². The Morgan fingerprint density at radius 3 is 2.70 bits per heavy atom. The van der Waals surface area contributed by atoms with Crippen molar-refractivity contribution in [2.75, 3.05) is 13.2 Å². The van der Waals surface area contributed by atoms with Gasteiger partial charge in [-0.15, -0.1) is 0 Å². The summed E-state index contributed by atoms with van der Waals surface area (Å²) in [6.07, 6.45) is 5.32. The Labute approximate surface area is 179 Å². The van der Waals surface area contributed by atoms with Gasteiger partial charge in [-0.1, -0.05) is 11.6 Å². The summed E-state index contributed by atoms with van der Waals surface area (Å²) in [6.45, 7) is 4.37. The van der Waals surface area contributed by atoms with E-state index in [-0.39, 0.29) is 6.61 Å². The van der Waals surface area contributed by atoms with Crippen molar-refractivity contribution in [3.63, 3.8) is 0 Å². The van der Waals surface area contributed by atoms with Gasteiger partial charge in [-0.25, -0.2) is 14.8 Å². The number of nitrogens with zero attached hydrogens (tertiary/aromatic N) is 3. The lowest BCUT2D eigenvalue weighted by atomic mass is 10.0. The molecule has 0 radical (unpaired) electrons. The second-order valence-electron chi connectivity index (χ2n) is 6.52. The molecule has 0 atom stereocenters. The Morgan fingerprint density at radius 1 is 1.10 bits per heavy atom. The van der Waals surface area contributed by atoms with Crippen LogP contribution >= 0.6 is 11.6 Å². The fraction of sp³-hybridized carbons (Fsp3) is 0.174. The minimum atomic E-state index is -0.429. The van der Waals surface area contributed by atoms with Crippen molar-refractivity contribution in [3.8, 4) is 22.7 Å². The van der Waals surface area contributed by atoms with Crippen LogP contribution < -0.4 is 4.74 Å². The van der Waals surface area contributed by atoms with Gasteiger partial charge in [0, 0.05) is 28.4 Å². The standard InChI is InChI=1S/C23H20ClN3O3/c1-3-29-22-8-5-15(11-18(22)23(28)30-4-2)19-13-21(27-10-9-25-14-27)17-7-6-16(24)12-20(17)26-19/h5-14H,3-4H2,1-2H3. The highest BCUT2D eigenvalue weighted by molar-refractivity contribution is 6.31. The normalized spacial score (nSPS) is 10.9. The number of imidazole rings is 1. The summed E-state index contributed by atoms with van der Waals surface area (Å²) in [7, 11) is 0.